The van der Waals surface area contributed by atoms with E-state index in [0.29, 0.717) is 29.8 Å². The molecule has 3 atom stereocenters. The number of nitrogens with one attached hydrogen (secondary N) is 4. The second kappa shape index (κ2) is 22.6. The highest BCUT2D eigenvalue weighted by atomic mass is 35.5. The molecule has 0 aliphatic carbocycles. The van der Waals surface area contributed by atoms with E-state index in [2.05, 4.69) is 75.4 Å². The number of benzene rings is 4. The van der Waals surface area contributed by atoms with Crippen LogP contribution in [0, 0.1) is 6.92 Å². The zero-order chi connectivity index (χ0) is 48.5. The number of carboxylic acid groups (broad SMARTS) is 1. The summed E-state index contributed by atoms with van der Waals surface area (Å²) < 4.78 is 7.86. The Morgan fingerprint density at radius 1 is 1.10 bits per heavy atom. The number of halogens is 1. The number of imide groups is 1. The fourth-order valence-electron chi connectivity index (χ4n) is 9.37. The van der Waals surface area contributed by atoms with E-state index in [1.165, 1.54) is 4.90 Å². The van der Waals surface area contributed by atoms with E-state index in [-0.39, 0.29) is 58.5 Å². The van der Waals surface area contributed by atoms with E-state index in [0.717, 1.165) is 106 Å². The third-order valence-corrected chi connectivity index (χ3v) is 15.8. The first-order valence-corrected chi connectivity index (χ1v) is 24.9. The van der Waals surface area contributed by atoms with Gasteiger partial charge in [-0.05, 0) is 137 Å². The summed E-state index contributed by atoms with van der Waals surface area (Å²) in [6.45, 7) is 12.5. The number of aryl methyl sites for hydroxylation is 1. The number of carbonyl (C=O) groups excluding carboxylic acids is 4. The molecule has 3 amide bonds. The number of fused-ring (bicyclic) bond motifs is 1. The fourth-order valence-corrected chi connectivity index (χ4v) is 11.9. The Kier molecular flexibility index (Phi) is 16.6. The second-order valence-electron chi connectivity index (χ2n) is 17.8. The molecule has 0 bridgehead atoms. The summed E-state index contributed by atoms with van der Waals surface area (Å²) in [5, 5.41) is 25.0. The largest absolute Gasteiger partial charge is 0.483 e. The first-order chi connectivity index (χ1) is 32.8. The van der Waals surface area contributed by atoms with E-state index in [4.69, 9.17) is 16.3 Å². The molecule has 0 saturated carbocycles. The summed E-state index contributed by atoms with van der Waals surface area (Å²) >= 11 is 9.45. The minimum absolute atomic E-state index is 0.00601. The topological polar surface area (TPSA) is 182 Å². The predicted molar refractivity (Wildman–Crippen MR) is 275 cm³/mol. The predicted octanol–water partition coefficient (Wildman–Crippen LogP) is 9.60. The first kappa shape index (κ1) is 50.1. The molecule has 358 valence electrons. The van der Waals surface area contributed by atoms with Crippen molar-refractivity contribution in [3.8, 4) is 16.2 Å². The maximum atomic E-state index is 12.9. The minimum Gasteiger partial charge on any atom is -0.483 e. The fraction of sp³-hybridized carbons (Fsp3) is 0.373. The third kappa shape index (κ3) is 11.4. The molecule has 2 aliphatic rings. The van der Waals surface area contributed by atoms with E-state index >= 15 is 0 Å². The average Bonchev–Trinajstić information content (AvgIpc) is 3.65. The SMILES string of the molecule is C=Nc1ccc(CSN2CCC(Nc3cccc(-c4sc(C(=O)O)c(OCC=O)c4Cl)c3)CC2(C)C)cc1NCCC(CCNC)c1ccc(N(C=O)C2CCC(=O)NC2=O)c2c(C)cccc12. The molecule has 5 aromatic rings. The molecule has 5 N–H and O–H groups in total. The van der Waals surface area contributed by atoms with Crippen molar-refractivity contribution in [2.24, 2.45) is 4.99 Å². The Morgan fingerprint density at radius 2 is 1.90 bits per heavy atom. The van der Waals surface area contributed by atoms with E-state index in [1.807, 2.05) is 74.5 Å². The molecule has 2 aliphatic heterocycles. The van der Waals surface area contributed by atoms with Crippen molar-refractivity contribution in [2.45, 2.75) is 88.6 Å². The van der Waals surface area contributed by atoms with Crippen molar-refractivity contribution in [2.75, 3.05) is 48.8 Å². The van der Waals surface area contributed by atoms with Crippen LogP contribution in [0.2, 0.25) is 5.02 Å². The minimum atomic E-state index is -1.17. The number of ether oxygens (including phenoxy) is 1. The molecule has 3 unspecified atom stereocenters. The Hall–Kier alpha value is -5.78. The number of rotatable bonds is 22. The van der Waals surface area contributed by atoms with Crippen molar-refractivity contribution in [3.05, 3.63) is 99.4 Å². The maximum Gasteiger partial charge on any atom is 0.349 e. The van der Waals surface area contributed by atoms with Crippen molar-refractivity contribution in [1.82, 2.24) is 14.9 Å². The molecule has 3 heterocycles. The molecule has 2 saturated heterocycles. The van der Waals surface area contributed by atoms with Crippen molar-refractivity contribution >= 4 is 106 Å². The van der Waals surface area contributed by atoms with Crippen LogP contribution in [0.25, 0.3) is 21.2 Å². The van der Waals surface area contributed by atoms with Crippen molar-refractivity contribution in [1.29, 1.82) is 0 Å². The Labute approximate surface area is 410 Å². The lowest BCUT2D eigenvalue weighted by atomic mass is 9.86. The van der Waals surface area contributed by atoms with Gasteiger partial charge in [0.25, 0.3) is 0 Å². The number of hydrogen-bond acceptors (Lipinski definition) is 13. The number of aromatic carboxylic acids is 1. The highest BCUT2D eigenvalue weighted by molar-refractivity contribution is 7.96. The number of aldehydes is 1. The molecule has 7 rings (SSSR count). The van der Waals surface area contributed by atoms with Crippen LogP contribution in [0.4, 0.5) is 22.7 Å². The number of carboxylic acids is 1. The Bertz CT molecular complexity index is 2690. The summed E-state index contributed by atoms with van der Waals surface area (Å²) in [6, 6.07) is 23.6. The lowest BCUT2D eigenvalue weighted by Crippen LogP contribution is -2.52. The van der Waals surface area contributed by atoms with Gasteiger partial charge < -0.3 is 30.7 Å². The average molecular weight is 981 g/mol. The molecule has 0 spiro atoms. The number of piperidine rings is 2. The molecule has 14 nitrogen and oxygen atoms in total. The normalized spacial score (nSPS) is 17.5. The smallest absolute Gasteiger partial charge is 0.349 e. The maximum absolute atomic E-state index is 12.9. The molecule has 1 aromatic heterocycles. The van der Waals surface area contributed by atoms with Crippen LogP contribution in [0.1, 0.15) is 84.7 Å². The van der Waals surface area contributed by atoms with Gasteiger partial charge in [0.1, 0.15) is 17.7 Å². The van der Waals surface area contributed by atoms with Gasteiger partial charge in [-0.3, -0.25) is 29.5 Å². The van der Waals surface area contributed by atoms with Crippen molar-refractivity contribution < 1.29 is 33.8 Å². The van der Waals surface area contributed by atoms with Gasteiger partial charge in [-0.2, -0.15) is 0 Å². The zero-order valence-corrected chi connectivity index (χ0v) is 41.1. The molecule has 0 radical (unpaired) electrons. The number of thiophene rings is 1. The molecule has 68 heavy (non-hydrogen) atoms. The summed E-state index contributed by atoms with van der Waals surface area (Å²) in [4.78, 5) is 66.6. The van der Waals surface area contributed by atoms with Crippen LogP contribution in [-0.2, 0) is 24.9 Å². The molecular formula is C51H58ClN7O7S2. The molecule has 2 fully saturated rings. The van der Waals surface area contributed by atoms with E-state index in [9.17, 15) is 29.1 Å². The number of anilines is 3. The van der Waals surface area contributed by atoms with Gasteiger partial charge >= 0.3 is 5.97 Å². The number of nitrogens with zero attached hydrogens (tertiary/aromatic N) is 3. The number of amides is 3. The number of carbonyl (C=O) groups is 5. The van der Waals surface area contributed by atoms with Crippen molar-refractivity contribution in [3.63, 3.8) is 0 Å². The third-order valence-electron chi connectivity index (χ3n) is 12.7. The van der Waals surface area contributed by atoms with Crippen LogP contribution in [0.3, 0.4) is 0 Å². The lowest BCUT2D eigenvalue weighted by molar-refractivity contribution is -0.134. The molecular weight excluding hydrogens is 922 g/mol. The first-order valence-electron chi connectivity index (χ1n) is 22.7. The van der Waals surface area contributed by atoms with Gasteiger partial charge in [0.15, 0.2) is 16.9 Å². The monoisotopic (exact) mass is 979 g/mol. The van der Waals surface area contributed by atoms with E-state index < -0.39 is 17.9 Å². The Morgan fingerprint density at radius 3 is 2.62 bits per heavy atom. The van der Waals surface area contributed by atoms with Crippen LogP contribution >= 0.6 is 34.9 Å². The highest BCUT2D eigenvalue weighted by Crippen LogP contribution is 2.46. The summed E-state index contributed by atoms with van der Waals surface area (Å²) in [7, 11) is 1.95. The van der Waals surface area contributed by atoms with E-state index in [1.54, 1.807) is 0 Å². The highest BCUT2D eigenvalue weighted by Gasteiger charge is 2.36. The van der Waals surface area contributed by atoms with Crippen LogP contribution in [0.15, 0.2) is 77.8 Å². The van der Waals surface area contributed by atoms with Crippen LogP contribution < -0.4 is 30.9 Å². The summed E-state index contributed by atoms with van der Waals surface area (Å²) in [6.07, 6.45) is 5.20. The zero-order valence-electron chi connectivity index (χ0n) is 38.7. The van der Waals surface area contributed by atoms with Gasteiger partial charge in [-0.15, -0.1) is 11.3 Å². The van der Waals surface area contributed by atoms with Crippen LogP contribution in [0.5, 0.6) is 5.75 Å². The molecule has 17 heteroatoms. The number of hydrogen-bond donors (Lipinski definition) is 5. The standard InChI is InChI=1S/C51H58ClN7O7S2/c1-31-8-6-11-38-37(13-15-41(44(31)38)58(30-61)42-16-17-43(62)57-49(42)63)33(18-21-53-4)19-22-55-40-26-32(12-14-39(40)54-5)29-67-59-23-20-36(28-51(59,2)3)56-35-10-7-9-34(27-35)47-45(52)46(66-25-24-60)48(68-47)50(64)65/h6-15,24,26-27,30,33,36,42,53,55-56H,5,16-23,25,28-29H2,1-4H3,(H,64,65)(H,57,62,63). The van der Waals surface area contributed by atoms with Gasteiger partial charge in [0, 0.05) is 47.9 Å². The quantitative estimate of drug-likeness (QED) is 0.0192. The second-order valence-corrected chi connectivity index (χ2v) is 20.1. The Balaban J connectivity index is 0.994. The summed E-state index contributed by atoms with van der Waals surface area (Å²) in [5.74, 6) is -1.02. The van der Waals surface area contributed by atoms with Gasteiger partial charge in [-0.1, -0.05) is 66.0 Å². The molecule has 4 aromatic carbocycles. The van der Waals surface area contributed by atoms with Crippen LogP contribution in [-0.4, -0.2) is 97.5 Å². The van der Waals surface area contributed by atoms with Gasteiger partial charge in [0.2, 0.25) is 18.2 Å². The summed E-state index contributed by atoms with van der Waals surface area (Å²) in [5.41, 5.74) is 7.21. The number of aliphatic imine (C=N–C) groups is 1. The lowest BCUT2D eigenvalue weighted by Gasteiger charge is -2.45. The van der Waals surface area contributed by atoms with Gasteiger partial charge in [-0.25, -0.2) is 9.10 Å². The van der Waals surface area contributed by atoms with Gasteiger partial charge in [0.05, 0.1) is 21.9 Å².